The molecule has 0 aromatic heterocycles. The fourth-order valence-electron chi connectivity index (χ4n) is 1.26. The fraction of sp³-hybridized carbons (Fsp3) is 0.750. The minimum atomic E-state index is -1.04. The van der Waals surface area contributed by atoms with Crippen molar-refractivity contribution < 1.29 is 66.4 Å². The van der Waals surface area contributed by atoms with Gasteiger partial charge in [0.25, 0.3) is 0 Å². The van der Waals surface area contributed by atoms with Crippen LogP contribution in [-0.4, -0.2) is 43.4 Å². The third kappa shape index (κ3) is 16.7. The van der Waals surface area contributed by atoms with Gasteiger partial charge in [0.2, 0.25) is 0 Å². The van der Waals surface area contributed by atoms with Gasteiger partial charge in [0.1, 0.15) is 0 Å². The van der Waals surface area contributed by atoms with E-state index >= 15 is 0 Å². The summed E-state index contributed by atoms with van der Waals surface area (Å²) in [6, 6.07) is 0. The number of aliphatic carboxylic acids is 1. The number of carboxylic acid groups (broad SMARTS) is 1. The summed E-state index contributed by atoms with van der Waals surface area (Å²) >= 11 is 0. The van der Waals surface area contributed by atoms with Gasteiger partial charge in [0, 0.05) is 32.1 Å². The van der Waals surface area contributed by atoms with Crippen LogP contribution in [0.5, 0.6) is 0 Å². The summed E-state index contributed by atoms with van der Waals surface area (Å²) < 4.78 is 0. The molecule has 100 valence electrons. The Morgan fingerprint density at radius 2 is 1.94 bits per heavy atom. The smallest absolute Gasteiger partial charge is 0.550 e. The van der Waals surface area contributed by atoms with E-state index in [0.717, 1.165) is 6.42 Å². The van der Waals surface area contributed by atoms with E-state index in [1.165, 1.54) is 0 Å². The molecule has 0 rings (SSSR count). The average Bonchev–Trinajstić information content (AvgIpc) is 2.28. The second-order valence-electron chi connectivity index (χ2n) is 3.85. The Kier molecular flexibility index (Phi) is 18.4. The maximum absolute atomic E-state index is 10.1. The summed E-state index contributed by atoms with van der Waals surface area (Å²) in [4.78, 5) is 10.1. The van der Waals surface area contributed by atoms with Gasteiger partial charge < -0.3 is 25.6 Å². The van der Waals surface area contributed by atoms with E-state index in [9.17, 15) is 15.0 Å². The molecule has 0 saturated carbocycles. The monoisotopic (exact) mass is 282 g/mol. The van der Waals surface area contributed by atoms with E-state index in [2.05, 4.69) is 17.6 Å². The van der Waals surface area contributed by atoms with E-state index in [4.69, 9.17) is 0 Å². The predicted octanol–water partition coefficient (Wildman–Crippen LogP) is -3.97. The third-order valence-electron chi connectivity index (χ3n) is 2.17. The number of carbonyl (C=O) groups excluding carboxylic acids is 1. The zero-order chi connectivity index (χ0) is 12.9. The molecule has 18 heavy (non-hydrogen) atoms. The third-order valence-corrected chi connectivity index (χ3v) is 2.17. The number of rotatable bonds is 11. The summed E-state index contributed by atoms with van der Waals surface area (Å²) in [7, 11) is 0. The molecule has 0 aromatic rings. The van der Waals surface area contributed by atoms with Crippen molar-refractivity contribution in [1.82, 2.24) is 10.6 Å². The Bertz CT molecular complexity index is 225. The molecule has 0 aliphatic rings. The van der Waals surface area contributed by atoms with Gasteiger partial charge in [0.05, 0.1) is 6.10 Å². The maximum Gasteiger partial charge on any atom is 1.00 e. The molecule has 0 radical (unpaired) electrons. The Morgan fingerprint density at radius 1 is 1.28 bits per heavy atom. The van der Waals surface area contributed by atoms with Crippen LogP contribution in [0.2, 0.25) is 0 Å². The van der Waals surface area contributed by atoms with Gasteiger partial charge in [-0.15, -0.1) is 0 Å². The minimum absolute atomic E-state index is 0. The van der Waals surface area contributed by atoms with Crippen LogP contribution in [0.4, 0.5) is 0 Å². The zero-order valence-electron chi connectivity index (χ0n) is 11.4. The molecule has 1 unspecified atom stereocenters. The number of aliphatic hydroxyl groups is 1. The van der Waals surface area contributed by atoms with Crippen molar-refractivity contribution in [3.8, 4) is 0 Å². The molecule has 0 bridgehead atoms. The van der Waals surface area contributed by atoms with Crippen LogP contribution in [0.15, 0.2) is 12.2 Å². The molecule has 0 heterocycles. The van der Waals surface area contributed by atoms with E-state index in [1.807, 2.05) is 12.2 Å². The molecule has 6 heteroatoms. The molecule has 0 saturated heterocycles. The zero-order valence-corrected chi connectivity index (χ0v) is 14.6. The predicted molar refractivity (Wildman–Crippen MR) is 65.4 cm³/mol. The molecule has 5 nitrogen and oxygen atoms in total. The van der Waals surface area contributed by atoms with Crippen LogP contribution < -0.4 is 67.1 Å². The number of allylic oxidation sites excluding steroid dienone is 1. The number of carbonyl (C=O) groups is 1. The van der Waals surface area contributed by atoms with Crippen molar-refractivity contribution >= 4 is 5.97 Å². The second kappa shape index (κ2) is 15.8. The Balaban J connectivity index is 0. The molecule has 0 amide bonds. The summed E-state index contributed by atoms with van der Waals surface area (Å²) in [5.74, 6) is -1.04. The van der Waals surface area contributed by atoms with Gasteiger partial charge >= 0.3 is 51.4 Å². The second-order valence-corrected chi connectivity index (χ2v) is 3.85. The normalized spacial score (nSPS) is 12.3. The first-order valence-electron chi connectivity index (χ1n) is 6.11. The van der Waals surface area contributed by atoms with Crippen molar-refractivity contribution in [2.24, 2.45) is 0 Å². The van der Waals surface area contributed by atoms with Crippen molar-refractivity contribution in [3.63, 3.8) is 0 Å². The van der Waals surface area contributed by atoms with Gasteiger partial charge in [-0.2, -0.15) is 0 Å². The number of hydrogen-bond donors (Lipinski definition) is 3. The van der Waals surface area contributed by atoms with Crippen LogP contribution >= 0.6 is 0 Å². The molecule has 3 N–H and O–H groups in total. The van der Waals surface area contributed by atoms with E-state index in [1.54, 1.807) is 0 Å². The largest absolute Gasteiger partial charge is 1.00 e. The average molecular weight is 282 g/mol. The molecular weight excluding hydrogens is 259 g/mol. The topological polar surface area (TPSA) is 84.4 Å². The maximum atomic E-state index is 10.1. The first kappa shape index (κ1) is 21.0. The van der Waals surface area contributed by atoms with Crippen molar-refractivity contribution in [3.05, 3.63) is 12.2 Å². The van der Waals surface area contributed by atoms with Gasteiger partial charge in [-0.3, -0.25) is 0 Å². The summed E-state index contributed by atoms with van der Waals surface area (Å²) in [5, 5.41) is 25.7. The molecule has 0 fully saturated rings. The minimum Gasteiger partial charge on any atom is -0.550 e. The van der Waals surface area contributed by atoms with Gasteiger partial charge in [-0.1, -0.05) is 19.1 Å². The van der Waals surface area contributed by atoms with E-state index in [0.29, 0.717) is 32.6 Å². The van der Waals surface area contributed by atoms with Crippen LogP contribution in [0.25, 0.3) is 0 Å². The van der Waals surface area contributed by atoms with Crippen LogP contribution in [0, 0.1) is 0 Å². The first-order valence-corrected chi connectivity index (χ1v) is 6.11. The summed E-state index contributed by atoms with van der Waals surface area (Å²) in [6.07, 6.45) is 5.34. The SMILES string of the molecule is CC/C=C/CC(O)CNCCNCCC(=O)[O-].[K+]. The first-order chi connectivity index (χ1) is 8.16. The number of nitrogens with one attached hydrogen (secondary N) is 2. The molecule has 0 aromatic carbocycles. The standard InChI is InChI=1S/C12H24N2O3.K/c1-2-3-4-5-11(15)10-14-9-8-13-7-6-12(16)17;/h3-4,11,13-15H,2,5-10H2,1H3,(H,16,17);/q;+1/p-1/b4-3+;. The Morgan fingerprint density at radius 3 is 2.56 bits per heavy atom. The number of carboxylic acids is 1. The Labute approximate surface area is 152 Å². The van der Waals surface area contributed by atoms with E-state index < -0.39 is 5.97 Å². The molecule has 0 spiro atoms. The molecular formula is C12H23KN2O3. The van der Waals surface area contributed by atoms with Crippen LogP contribution in [0.3, 0.4) is 0 Å². The van der Waals surface area contributed by atoms with Crippen molar-refractivity contribution in [2.45, 2.75) is 32.3 Å². The molecule has 1 atom stereocenters. The van der Waals surface area contributed by atoms with Gasteiger partial charge in [-0.25, -0.2) is 0 Å². The fourth-order valence-corrected chi connectivity index (χ4v) is 1.26. The van der Waals surface area contributed by atoms with Crippen molar-refractivity contribution in [2.75, 3.05) is 26.2 Å². The number of hydrogen-bond acceptors (Lipinski definition) is 5. The van der Waals surface area contributed by atoms with Gasteiger partial charge in [-0.05, 0) is 19.3 Å². The van der Waals surface area contributed by atoms with Crippen molar-refractivity contribution in [1.29, 1.82) is 0 Å². The van der Waals surface area contributed by atoms with Crippen LogP contribution in [0.1, 0.15) is 26.2 Å². The number of aliphatic hydroxyl groups excluding tert-OH is 1. The quantitative estimate of drug-likeness (QED) is 0.204. The summed E-state index contributed by atoms with van der Waals surface area (Å²) in [5.41, 5.74) is 0. The molecule has 0 aliphatic carbocycles. The van der Waals surface area contributed by atoms with Crippen LogP contribution in [-0.2, 0) is 4.79 Å². The molecule has 0 aliphatic heterocycles. The Hall–Kier alpha value is 0.726. The summed E-state index contributed by atoms with van der Waals surface area (Å²) in [6.45, 7) is 4.42. The van der Waals surface area contributed by atoms with Gasteiger partial charge in [0.15, 0.2) is 0 Å². The van der Waals surface area contributed by atoms with E-state index in [-0.39, 0.29) is 63.9 Å².